The van der Waals surface area contributed by atoms with E-state index in [2.05, 4.69) is 15.3 Å². The molecule has 0 atom stereocenters. The van der Waals surface area contributed by atoms with Gasteiger partial charge in [0.1, 0.15) is 5.82 Å². The Morgan fingerprint density at radius 2 is 1.79 bits per heavy atom. The molecule has 5 heteroatoms. The van der Waals surface area contributed by atoms with Gasteiger partial charge < -0.3 is 10.3 Å². The summed E-state index contributed by atoms with van der Waals surface area (Å²) in [5, 5.41) is 4.84. The van der Waals surface area contributed by atoms with E-state index in [0.717, 1.165) is 16.6 Å². The summed E-state index contributed by atoms with van der Waals surface area (Å²) < 4.78 is 0.438. The largest absolute Gasteiger partial charge is 0.338 e. The Balaban J connectivity index is 2.15. The first-order valence-corrected chi connectivity index (χ1v) is 6.53. The third kappa shape index (κ3) is 2.45. The Bertz CT molecular complexity index is 798. The van der Waals surface area contributed by atoms with Gasteiger partial charge in [-0.3, -0.25) is 0 Å². The standard InChI is InChI=1S/C14H10ClN3S/c15-10-6-2-4-8-12(10)16-13-9-5-1-3-7-11(9)17-14(19)18-13/h1-8H,(H2,16,17,18,19). The predicted octanol–water partition coefficient (Wildman–Crippen LogP) is 4.69. The average Bonchev–Trinajstić information content (AvgIpc) is 2.41. The van der Waals surface area contributed by atoms with Crippen molar-refractivity contribution in [2.24, 2.45) is 0 Å². The molecule has 0 fully saturated rings. The van der Waals surface area contributed by atoms with Gasteiger partial charge in [-0.1, -0.05) is 35.9 Å². The van der Waals surface area contributed by atoms with Crippen LogP contribution in [0.2, 0.25) is 5.02 Å². The molecule has 0 saturated heterocycles. The molecule has 0 spiro atoms. The van der Waals surface area contributed by atoms with Crippen LogP contribution >= 0.6 is 23.8 Å². The summed E-state index contributed by atoms with van der Waals surface area (Å²) in [7, 11) is 0. The monoisotopic (exact) mass is 287 g/mol. The van der Waals surface area contributed by atoms with Crippen molar-refractivity contribution in [1.82, 2.24) is 9.97 Å². The van der Waals surface area contributed by atoms with Crippen LogP contribution in [0.3, 0.4) is 0 Å². The molecule has 2 N–H and O–H groups in total. The quantitative estimate of drug-likeness (QED) is 0.672. The smallest absolute Gasteiger partial charge is 0.199 e. The maximum atomic E-state index is 6.14. The first-order chi connectivity index (χ1) is 9.24. The van der Waals surface area contributed by atoms with E-state index in [1.165, 1.54) is 0 Å². The lowest BCUT2D eigenvalue weighted by Gasteiger charge is -2.09. The van der Waals surface area contributed by atoms with Crippen molar-refractivity contribution in [3.8, 4) is 0 Å². The Morgan fingerprint density at radius 1 is 1.05 bits per heavy atom. The Morgan fingerprint density at radius 3 is 2.63 bits per heavy atom. The molecule has 0 aliphatic heterocycles. The number of aromatic nitrogens is 2. The van der Waals surface area contributed by atoms with Crippen LogP contribution in [0.25, 0.3) is 10.9 Å². The van der Waals surface area contributed by atoms with Gasteiger partial charge in [0.2, 0.25) is 0 Å². The second-order valence-electron chi connectivity index (χ2n) is 4.04. The van der Waals surface area contributed by atoms with Gasteiger partial charge in [-0.2, -0.15) is 0 Å². The topological polar surface area (TPSA) is 40.7 Å². The molecule has 2 aromatic carbocycles. The van der Waals surface area contributed by atoms with Gasteiger partial charge in [0.05, 0.1) is 16.2 Å². The summed E-state index contributed by atoms with van der Waals surface area (Å²) in [6.45, 7) is 0. The zero-order chi connectivity index (χ0) is 13.2. The zero-order valence-corrected chi connectivity index (χ0v) is 11.4. The molecule has 0 amide bonds. The molecular formula is C14H10ClN3S. The number of aromatic amines is 1. The normalized spacial score (nSPS) is 10.6. The summed E-state index contributed by atoms with van der Waals surface area (Å²) in [4.78, 5) is 7.39. The molecule has 3 rings (SSSR count). The van der Waals surface area contributed by atoms with Gasteiger partial charge >= 0.3 is 0 Å². The molecule has 0 radical (unpaired) electrons. The number of nitrogens with one attached hydrogen (secondary N) is 2. The number of rotatable bonds is 2. The number of H-pyrrole nitrogens is 1. The van der Waals surface area contributed by atoms with E-state index in [1.807, 2.05) is 48.5 Å². The van der Waals surface area contributed by atoms with Gasteiger partial charge in [-0.25, -0.2) is 4.98 Å². The maximum Gasteiger partial charge on any atom is 0.199 e. The minimum atomic E-state index is 0.438. The van der Waals surface area contributed by atoms with Crippen LogP contribution in [0.4, 0.5) is 11.5 Å². The molecule has 0 aliphatic carbocycles. The van der Waals surface area contributed by atoms with Crippen LogP contribution in [0, 0.1) is 4.77 Å². The van der Waals surface area contributed by atoms with E-state index in [4.69, 9.17) is 23.8 Å². The summed E-state index contributed by atoms with van der Waals surface area (Å²) >= 11 is 11.3. The molecule has 0 aliphatic rings. The van der Waals surface area contributed by atoms with E-state index in [0.29, 0.717) is 15.6 Å². The lowest BCUT2D eigenvalue weighted by atomic mass is 10.2. The van der Waals surface area contributed by atoms with Crippen LogP contribution < -0.4 is 5.32 Å². The average molecular weight is 288 g/mol. The third-order valence-electron chi connectivity index (χ3n) is 2.76. The van der Waals surface area contributed by atoms with E-state index in [-0.39, 0.29) is 0 Å². The molecule has 94 valence electrons. The van der Waals surface area contributed by atoms with Crippen molar-refractivity contribution in [1.29, 1.82) is 0 Å². The highest BCUT2D eigenvalue weighted by molar-refractivity contribution is 7.71. The number of nitrogens with zero attached hydrogens (tertiary/aromatic N) is 1. The molecule has 0 bridgehead atoms. The Hall–Kier alpha value is -1.91. The molecule has 0 unspecified atom stereocenters. The van der Waals surface area contributed by atoms with Crippen molar-refractivity contribution in [3.63, 3.8) is 0 Å². The van der Waals surface area contributed by atoms with Gasteiger partial charge in [0.15, 0.2) is 4.77 Å². The fourth-order valence-corrected chi connectivity index (χ4v) is 2.27. The number of benzene rings is 2. The van der Waals surface area contributed by atoms with Crippen molar-refractivity contribution in [3.05, 3.63) is 58.3 Å². The highest BCUT2D eigenvalue weighted by Gasteiger charge is 2.05. The van der Waals surface area contributed by atoms with E-state index >= 15 is 0 Å². The molecule has 1 aromatic heterocycles. The predicted molar refractivity (Wildman–Crippen MR) is 81.7 cm³/mol. The molecule has 1 heterocycles. The second-order valence-corrected chi connectivity index (χ2v) is 4.83. The Labute approximate surface area is 120 Å². The number of hydrogen-bond acceptors (Lipinski definition) is 3. The van der Waals surface area contributed by atoms with Crippen molar-refractivity contribution in [2.45, 2.75) is 0 Å². The number of hydrogen-bond donors (Lipinski definition) is 2. The highest BCUT2D eigenvalue weighted by Crippen LogP contribution is 2.27. The fraction of sp³-hybridized carbons (Fsp3) is 0. The minimum absolute atomic E-state index is 0.438. The summed E-state index contributed by atoms with van der Waals surface area (Å²) in [6, 6.07) is 15.4. The number of anilines is 2. The summed E-state index contributed by atoms with van der Waals surface area (Å²) in [6.07, 6.45) is 0. The second kappa shape index (κ2) is 4.99. The van der Waals surface area contributed by atoms with Crippen LogP contribution in [0.5, 0.6) is 0 Å². The van der Waals surface area contributed by atoms with Gasteiger partial charge in [-0.15, -0.1) is 0 Å². The number of halogens is 1. The first kappa shape index (κ1) is 12.1. The summed E-state index contributed by atoms with van der Waals surface area (Å²) in [5.74, 6) is 0.701. The molecule has 3 nitrogen and oxygen atoms in total. The van der Waals surface area contributed by atoms with Crippen molar-refractivity contribution in [2.75, 3.05) is 5.32 Å². The SMILES string of the molecule is S=c1nc(Nc2ccccc2Cl)c2ccccc2[nH]1. The highest BCUT2D eigenvalue weighted by atomic mass is 35.5. The van der Waals surface area contributed by atoms with Gasteiger partial charge in [-0.05, 0) is 36.5 Å². The van der Waals surface area contributed by atoms with Crippen molar-refractivity contribution >= 4 is 46.2 Å². The zero-order valence-electron chi connectivity index (χ0n) is 9.85. The van der Waals surface area contributed by atoms with Gasteiger partial charge in [0, 0.05) is 5.39 Å². The van der Waals surface area contributed by atoms with Gasteiger partial charge in [0.25, 0.3) is 0 Å². The minimum Gasteiger partial charge on any atom is -0.338 e. The van der Waals surface area contributed by atoms with Crippen LogP contribution in [0.1, 0.15) is 0 Å². The van der Waals surface area contributed by atoms with Crippen LogP contribution in [0.15, 0.2) is 48.5 Å². The summed E-state index contributed by atoms with van der Waals surface area (Å²) in [5.41, 5.74) is 1.75. The van der Waals surface area contributed by atoms with Crippen LogP contribution in [-0.2, 0) is 0 Å². The molecule has 3 aromatic rings. The van der Waals surface area contributed by atoms with Crippen molar-refractivity contribution < 1.29 is 0 Å². The number of fused-ring (bicyclic) bond motifs is 1. The maximum absolute atomic E-state index is 6.14. The molecule has 0 saturated carbocycles. The Kier molecular flexibility index (Phi) is 3.19. The van der Waals surface area contributed by atoms with E-state index in [1.54, 1.807) is 0 Å². The van der Waals surface area contributed by atoms with E-state index < -0.39 is 0 Å². The number of para-hydroxylation sites is 2. The lowest BCUT2D eigenvalue weighted by Crippen LogP contribution is -1.97. The molecule has 19 heavy (non-hydrogen) atoms. The lowest BCUT2D eigenvalue weighted by molar-refractivity contribution is 1.18. The van der Waals surface area contributed by atoms with E-state index in [9.17, 15) is 0 Å². The van der Waals surface area contributed by atoms with Crippen LogP contribution in [-0.4, -0.2) is 9.97 Å². The molecular weight excluding hydrogens is 278 g/mol. The third-order valence-corrected chi connectivity index (χ3v) is 3.29. The fourth-order valence-electron chi connectivity index (χ4n) is 1.89. The first-order valence-electron chi connectivity index (χ1n) is 5.75.